The Morgan fingerprint density at radius 2 is 1.38 bits per heavy atom. The van der Waals surface area contributed by atoms with Crippen molar-refractivity contribution in [2.24, 2.45) is 5.41 Å². The van der Waals surface area contributed by atoms with Gasteiger partial charge in [0.15, 0.2) is 0 Å². The minimum atomic E-state index is -5.07. The van der Waals surface area contributed by atoms with Crippen LogP contribution in [-0.2, 0) is 24.2 Å². The molecule has 0 unspecified atom stereocenters. The van der Waals surface area contributed by atoms with E-state index in [4.69, 9.17) is 4.74 Å². The molecule has 3 heterocycles. The molecule has 2 atom stereocenters. The molecule has 4 rings (SSSR count). The first kappa shape index (κ1) is 42.3. The Morgan fingerprint density at radius 3 is 1.82 bits per heavy atom. The number of likely N-dealkylation sites (tertiary alicyclic amines) is 1. The topological polar surface area (TPSA) is 149 Å². The van der Waals surface area contributed by atoms with E-state index >= 15 is 0 Å². The van der Waals surface area contributed by atoms with Gasteiger partial charge in [-0.1, -0.05) is 53.4 Å². The summed E-state index contributed by atoms with van der Waals surface area (Å²) in [6.45, 7) is 22.0. The van der Waals surface area contributed by atoms with Crippen LogP contribution in [0, 0.1) is 5.41 Å². The van der Waals surface area contributed by atoms with E-state index < -0.39 is 34.1 Å². The Bertz CT molecular complexity index is 1170. The number of hydrogen-bond acceptors (Lipinski definition) is 8. The molecule has 0 aromatic carbocycles. The summed E-state index contributed by atoms with van der Waals surface area (Å²) in [6, 6.07) is -2.09. The third kappa shape index (κ3) is 12.2. The highest BCUT2D eigenvalue weighted by Crippen LogP contribution is 2.44. The summed E-state index contributed by atoms with van der Waals surface area (Å²) >= 11 is 0. The molecule has 0 aromatic rings. The molecule has 3 saturated heterocycles. The number of amides is 4. The number of piperidine rings is 1. The smallest absolute Gasteiger partial charge is 0.410 e. The average molecular weight is 730 g/mol. The van der Waals surface area contributed by atoms with Gasteiger partial charge in [-0.25, -0.2) is 18.0 Å². The zero-order valence-corrected chi connectivity index (χ0v) is 32.9. The molecule has 4 aliphatic rings. The van der Waals surface area contributed by atoms with Gasteiger partial charge in [0, 0.05) is 31.1 Å². The first-order chi connectivity index (χ1) is 23.5. The van der Waals surface area contributed by atoms with Crippen LogP contribution in [0.4, 0.5) is 9.59 Å². The molecule has 13 nitrogen and oxygen atoms in total. The van der Waals surface area contributed by atoms with E-state index in [-0.39, 0.29) is 30.0 Å². The highest BCUT2D eigenvalue weighted by Gasteiger charge is 2.50. The van der Waals surface area contributed by atoms with Crippen LogP contribution in [0.2, 0.25) is 0 Å². The zero-order chi connectivity index (χ0) is 37.2. The molecule has 2 bridgehead atoms. The van der Waals surface area contributed by atoms with Crippen LogP contribution in [0.25, 0.3) is 0 Å². The Balaban J connectivity index is 0.000000338. The Kier molecular flexibility index (Phi) is 15.7. The van der Waals surface area contributed by atoms with Gasteiger partial charge in [-0.3, -0.25) is 4.79 Å². The first-order valence-corrected chi connectivity index (χ1v) is 20.7. The van der Waals surface area contributed by atoms with Gasteiger partial charge in [-0.05, 0) is 85.0 Å². The van der Waals surface area contributed by atoms with E-state index in [0.717, 1.165) is 25.7 Å². The van der Waals surface area contributed by atoms with Crippen molar-refractivity contribution in [1.29, 1.82) is 0 Å². The normalized spacial score (nSPS) is 22.2. The number of rotatable bonds is 16. The van der Waals surface area contributed by atoms with Crippen molar-refractivity contribution < 1.29 is 40.9 Å². The maximum absolute atomic E-state index is 12.9. The van der Waals surface area contributed by atoms with Crippen LogP contribution in [0.5, 0.6) is 0 Å². The third-order valence-corrected chi connectivity index (χ3v) is 11.2. The molecule has 4 amide bonds. The number of fused-ring (bicyclic) bond motifs is 2. The van der Waals surface area contributed by atoms with Gasteiger partial charge in [0.05, 0.1) is 32.2 Å². The van der Waals surface area contributed by atoms with E-state index in [2.05, 4.69) is 37.3 Å². The minimum absolute atomic E-state index is 0.0245. The lowest BCUT2D eigenvalue weighted by molar-refractivity contribution is -0.929. The fourth-order valence-corrected chi connectivity index (χ4v) is 8.34. The van der Waals surface area contributed by atoms with Gasteiger partial charge < -0.3 is 28.9 Å². The quantitative estimate of drug-likeness (QED) is 0.117. The third-order valence-electron chi connectivity index (χ3n) is 10.8. The molecule has 50 heavy (non-hydrogen) atoms. The summed E-state index contributed by atoms with van der Waals surface area (Å²) in [5.41, 5.74) is -0.452. The zero-order valence-electron chi connectivity index (χ0n) is 32.0. The molecule has 14 heteroatoms. The fraction of sp³-hybridized carbons (Fsp3) is 0.917. The molecular weight excluding hydrogens is 662 g/mol. The van der Waals surface area contributed by atoms with Crippen LogP contribution in [-0.4, -0.2) is 120 Å². The Hall–Kier alpha value is -2.16. The second-order valence-electron chi connectivity index (χ2n) is 16.3. The second kappa shape index (κ2) is 18.6. The van der Waals surface area contributed by atoms with Crippen LogP contribution in [0.15, 0.2) is 0 Å². The maximum Gasteiger partial charge on any atom is 0.410 e. The highest BCUT2D eigenvalue weighted by atomic mass is 32.3. The van der Waals surface area contributed by atoms with Crippen molar-refractivity contribution in [3.05, 3.63) is 0 Å². The molecule has 1 saturated carbocycles. The predicted molar refractivity (Wildman–Crippen MR) is 192 cm³/mol. The number of quaternary nitrogens is 1. The lowest BCUT2D eigenvalue weighted by Crippen LogP contribution is -2.61. The van der Waals surface area contributed by atoms with E-state index in [0.29, 0.717) is 31.0 Å². The SMILES string of the molecule is CC(C)(C)OC(=O)N1CC2(CCC(NC(=O)[C@@H]3CC[C@@H]4CN3C(=O)N4OS(=O)(=O)[O-])CC2)C1.CCCC[N+](CCCC)(CCCC)CCCC. The monoisotopic (exact) mass is 729 g/mol. The molecule has 3 aliphatic heterocycles. The van der Waals surface area contributed by atoms with Crippen LogP contribution in [0.3, 0.4) is 0 Å². The Labute approximate surface area is 302 Å². The van der Waals surface area contributed by atoms with Gasteiger partial charge in [-0.15, -0.1) is 0 Å². The summed E-state index contributed by atoms with van der Waals surface area (Å²) in [4.78, 5) is 40.6. The van der Waals surface area contributed by atoms with Gasteiger partial charge in [0.1, 0.15) is 11.6 Å². The molecule has 4 fully saturated rings. The van der Waals surface area contributed by atoms with E-state index in [9.17, 15) is 27.4 Å². The van der Waals surface area contributed by atoms with Crippen molar-refractivity contribution in [3.8, 4) is 0 Å². The molecule has 1 aliphatic carbocycles. The Morgan fingerprint density at radius 1 is 0.880 bits per heavy atom. The van der Waals surface area contributed by atoms with E-state index in [1.165, 1.54) is 86.9 Å². The number of carbonyl (C=O) groups excluding carboxylic acids is 3. The van der Waals surface area contributed by atoms with Gasteiger partial charge in [-0.2, -0.15) is 9.35 Å². The highest BCUT2D eigenvalue weighted by molar-refractivity contribution is 7.80. The number of carbonyl (C=O) groups is 3. The summed E-state index contributed by atoms with van der Waals surface area (Å²) in [5, 5.41) is 3.61. The van der Waals surface area contributed by atoms with Crippen molar-refractivity contribution in [3.63, 3.8) is 0 Å². The van der Waals surface area contributed by atoms with Crippen molar-refractivity contribution in [2.45, 2.75) is 162 Å². The first-order valence-electron chi connectivity index (χ1n) is 19.4. The lowest BCUT2D eigenvalue weighted by Gasteiger charge is -2.53. The second-order valence-corrected chi connectivity index (χ2v) is 17.2. The standard InChI is InChI=1S/C20H32N4O8S.C16H36N/c1-19(2,3)31-18(27)22-11-20(12-22)8-6-13(7-9-20)21-16(25)15-5-4-14-10-23(15)17(26)24(14)32-33(28,29)30;1-5-9-13-17(14-10-6-2,15-11-7-3)16-12-8-4/h13-15H,4-12H2,1-3H3,(H,21,25)(H,28,29,30);5-16H2,1-4H3/q;+1/p-1/t14-,15+;/m1./s1. The fourth-order valence-electron chi connectivity index (χ4n) is 7.95. The van der Waals surface area contributed by atoms with Gasteiger partial charge >= 0.3 is 12.1 Å². The summed E-state index contributed by atoms with van der Waals surface area (Å²) in [6.07, 6.45) is 14.8. The molecule has 1 N–H and O–H groups in total. The number of unbranched alkanes of at least 4 members (excludes halogenated alkanes) is 4. The number of hydroxylamine groups is 2. The average Bonchev–Trinajstić information content (AvgIpc) is 3.26. The minimum Gasteiger partial charge on any atom is -0.724 e. The number of nitrogens with zero attached hydrogens (tertiary/aromatic N) is 4. The summed E-state index contributed by atoms with van der Waals surface area (Å²) < 4.78 is 43.8. The number of hydrogen-bond donors (Lipinski definition) is 1. The molecule has 0 radical (unpaired) electrons. The molecule has 290 valence electrons. The van der Waals surface area contributed by atoms with Crippen LogP contribution in [0.1, 0.15) is 138 Å². The number of nitrogens with one attached hydrogen (secondary N) is 1. The molecule has 0 aromatic heterocycles. The van der Waals surface area contributed by atoms with Crippen LogP contribution >= 0.6 is 0 Å². The molecule has 1 spiro atoms. The van der Waals surface area contributed by atoms with Gasteiger partial charge in [0.25, 0.3) is 0 Å². The maximum atomic E-state index is 12.9. The van der Waals surface area contributed by atoms with Crippen molar-refractivity contribution >= 4 is 28.4 Å². The van der Waals surface area contributed by atoms with Crippen molar-refractivity contribution in [1.82, 2.24) is 20.2 Å². The van der Waals surface area contributed by atoms with Crippen LogP contribution < -0.4 is 5.32 Å². The van der Waals surface area contributed by atoms with E-state index in [1.54, 1.807) is 4.90 Å². The summed E-state index contributed by atoms with van der Waals surface area (Å²) in [7, 11) is -5.07. The molecular formula is C36H67N5O8S. The van der Waals surface area contributed by atoms with E-state index in [1.807, 2.05) is 20.8 Å². The number of ether oxygens (including phenoxy) is 1. The predicted octanol–water partition coefficient (Wildman–Crippen LogP) is 5.95. The van der Waals surface area contributed by atoms with Crippen molar-refractivity contribution in [2.75, 3.05) is 45.8 Å². The largest absolute Gasteiger partial charge is 0.724 e. The van der Waals surface area contributed by atoms with Gasteiger partial charge in [0.2, 0.25) is 16.3 Å². The lowest BCUT2D eigenvalue weighted by atomic mass is 9.67. The number of urea groups is 1. The summed E-state index contributed by atoms with van der Waals surface area (Å²) in [5.74, 6) is -0.279.